The Bertz CT molecular complexity index is 1520. The third kappa shape index (κ3) is 8.21. The van der Waals surface area contributed by atoms with Gasteiger partial charge in [-0.25, -0.2) is 4.79 Å². The number of anilines is 3. The molecule has 1 saturated heterocycles. The van der Waals surface area contributed by atoms with E-state index in [2.05, 4.69) is 5.32 Å². The van der Waals surface area contributed by atoms with Gasteiger partial charge in [0.15, 0.2) is 5.60 Å². The first-order chi connectivity index (χ1) is 22.6. The molecule has 0 saturated carbocycles. The topological polar surface area (TPSA) is 127 Å². The minimum atomic E-state index is -1.05. The Labute approximate surface area is 283 Å². The number of methoxy groups -OCH3 is 2. The molecular weight excluding hydrogens is 616 g/mol. The first-order valence-corrected chi connectivity index (χ1v) is 16.5. The molecule has 2 aliphatic rings. The van der Waals surface area contributed by atoms with Crippen LogP contribution in [0.15, 0.2) is 36.4 Å². The van der Waals surface area contributed by atoms with E-state index in [9.17, 15) is 19.2 Å². The second kappa shape index (κ2) is 14.8. The molecule has 1 N–H and O–H groups in total. The van der Waals surface area contributed by atoms with Gasteiger partial charge in [-0.3, -0.25) is 14.4 Å². The molecule has 0 unspecified atom stereocenters. The Morgan fingerprint density at radius 2 is 1.79 bits per heavy atom. The van der Waals surface area contributed by atoms with Crippen molar-refractivity contribution < 1.29 is 38.1 Å². The molecule has 0 aromatic heterocycles. The number of para-hydroxylation sites is 1. The predicted molar refractivity (Wildman–Crippen MR) is 184 cm³/mol. The maximum Gasteiger partial charge on any atom is 0.410 e. The summed E-state index contributed by atoms with van der Waals surface area (Å²) in [7, 11) is 3.15. The van der Waals surface area contributed by atoms with E-state index in [1.54, 1.807) is 75.8 Å². The molecule has 0 aliphatic carbocycles. The summed E-state index contributed by atoms with van der Waals surface area (Å²) in [5.74, 6) is -1.09. The van der Waals surface area contributed by atoms with Crippen LogP contribution in [-0.4, -0.2) is 86.9 Å². The third-order valence-corrected chi connectivity index (χ3v) is 8.51. The highest BCUT2D eigenvalue weighted by atomic mass is 16.6. The number of fused-ring (bicyclic) bond motifs is 1. The molecule has 12 nitrogen and oxygen atoms in total. The quantitative estimate of drug-likeness (QED) is 0.334. The van der Waals surface area contributed by atoms with Crippen molar-refractivity contribution in [3.05, 3.63) is 42.0 Å². The van der Waals surface area contributed by atoms with Gasteiger partial charge < -0.3 is 39.0 Å². The maximum atomic E-state index is 14.4. The molecule has 0 radical (unpaired) electrons. The lowest BCUT2D eigenvalue weighted by molar-refractivity contribution is -0.132. The summed E-state index contributed by atoms with van der Waals surface area (Å²) in [6.07, 6.45) is 0.255. The van der Waals surface area contributed by atoms with Crippen LogP contribution in [0.1, 0.15) is 59.9 Å². The van der Waals surface area contributed by atoms with Crippen molar-refractivity contribution in [1.29, 1.82) is 0 Å². The number of nitrogens with one attached hydrogen (secondary N) is 1. The van der Waals surface area contributed by atoms with Gasteiger partial charge in [-0.2, -0.15) is 0 Å². The van der Waals surface area contributed by atoms with E-state index in [-0.39, 0.29) is 37.2 Å². The number of hydrogen-bond donors (Lipinski definition) is 1. The van der Waals surface area contributed by atoms with E-state index in [0.29, 0.717) is 54.7 Å². The first kappa shape index (κ1) is 36.5. The highest BCUT2D eigenvalue weighted by Gasteiger charge is 2.43. The summed E-state index contributed by atoms with van der Waals surface area (Å²) in [6, 6.07) is 10.8. The summed E-state index contributed by atoms with van der Waals surface area (Å²) >= 11 is 0. The van der Waals surface area contributed by atoms with Crippen LogP contribution in [-0.2, 0) is 23.9 Å². The Morgan fingerprint density at radius 1 is 1.08 bits per heavy atom. The number of carbonyl (C=O) groups excluding carboxylic acids is 4. The monoisotopic (exact) mass is 666 g/mol. The Kier molecular flexibility index (Phi) is 11.3. The molecule has 2 aliphatic heterocycles. The van der Waals surface area contributed by atoms with Crippen molar-refractivity contribution in [3.8, 4) is 11.5 Å². The fourth-order valence-corrected chi connectivity index (χ4v) is 6.14. The van der Waals surface area contributed by atoms with Gasteiger partial charge in [0.2, 0.25) is 11.8 Å². The molecule has 4 amide bonds. The standard InChI is InChI=1S/C36H50N4O8/c1-10-39(26-15-16-28-27(20-26)40(17-12-18-45-8)33(43)36(6,7)47-28)32(42)25-19-24(21-38(22-25)34(44)48-35(3,4)5)31(41)37-30-23(2)13-11-14-29(30)46-9/h11,13-16,20,24-25H,10,12,17-19,21-22H2,1-9H3,(H,37,41)/t24-,25+/m0/s1. The molecule has 2 aromatic carbocycles. The minimum Gasteiger partial charge on any atom is -0.495 e. The van der Waals surface area contributed by atoms with Gasteiger partial charge in [-0.1, -0.05) is 12.1 Å². The molecule has 1 fully saturated rings. The SMILES string of the molecule is CCN(C(=O)[C@@H]1C[C@H](C(=O)Nc2c(C)cccc2OC)CN(C(=O)OC(C)(C)C)C1)c1ccc2c(c1)N(CCCOC)C(=O)C(C)(C)O2. The molecule has 2 aromatic rings. The third-order valence-electron chi connectivity index (χ3n) is 8.51. The van der Waals surface area contributed by atoms with Crippen molar-refractivity contribution in [2.24, 2.45) is 11.8 Å². The van der Waals surface area contributed by atoms with Crippen LogP contribution in [0.3, 0.4) is 0 Å². The van der Waals surface area contributed by atoms with Crippen LogP contribution in [0, 0.1) is 18.8 Å². The number of aryl methyl sites for hydroxylation is 1. The van der Waals surface area contributed by atoms with Crippen LogP contribution < -0.4 is 24.6 Å². The number of nitrogens with zero attached hydrogens (tertiary/aromatic N) is 3. The molecule has 2 heterocycles. The van der Waals surface area contributed by atoms with E-state index < -0.39 is 29.1 Å². The van der Waals surface area contributed by atoms with Gasteiger partial charge in [0, 0.05) is 45.6 Å². The van der Waals surface area contributed by atoms with Gasteiger partial charge >= 0.3 is 6.09 Å². The van der Waals surface area contributed by atoms with Crippen molar-refractivity contribution in [2.75, 3.05) is 62.1 Å². The first-order valence-electron chi connectivity index (χ1n) is 16.5. The fourth-order valence-electron chi connectivity index (χ4n) is 6.14. The van der Waals surface area contributed by atoms with Gasteiger partial charge in [0.1, 0.15) is 17.1 Å². The normalized spacial score (nSPS) is 18.8. The minimum absolute atomic E-state index is 0.0889. The van der Waals surface area contributed by atoms with E-state index in [4.69, 9.17) is 18.9 Å². The highest BCUT2D eigenvalue weighted by Crippen LogP contribution is 2.41. The molecule has 2 atom stereocenters. The van der Waals surface area contributed by atoms with Crippen molar-refractivity contribution in [2.45, 2.75) is 72.5 Å². The van der Waals surface area contributed by atoms with Gasteiger partial charge in [-0.05, 0) is 91.1 Å². The smallest absolute Gasteiger partial charge is 0.410 e. The average molecular weight is 667 g/mol. The van der Waals surface area contributed by atoms with E-state index in [0.717, 1.165) is 5.56 Å². The van der Waals surface area contributed by atoms with E-state index in [1.165, 1.54) is 12.0 Å². The van der Waals surface area contributed by atoms with Gasteiger partial charge in [0.05, 0.1) is 30.3 Å². The molecule has 0 bridgehead atoms. The number of carbonyl (C=O) groups is 4. The zero-order valence-corrected chi connectivity index (χ0v) is 29.7. The summed E-state index contributed by atoms with van der Waals surface area (Å²) in [5, 5.41) is 2.98. The van der Waals surface area contributed by atoms with Crippen LogP contribution in [0.4, 0.5) is 21.9 Å². The lowest BCUT2D eigenvalue weighted by atomic mass is 9.87. The second-order valence-electron chi connectivity index (χ2n) is 13.8. The van der Waals surface area contributed by atoms with Crippen molar-refractivity contribution >= 4 is 40.9 Å². The maximum absolute atomic E-state index is 14.4. The number of amides is 4. The lowest BCUT2D eigenvalue weighted by Crippen LogP contribution is -2.53. The number of rotatable bonds is 10. The van der Waals surface area contributed by atoms with Gasteiger partial charge in [0.25, 0.3) is 5.91 Å². The number of hydrogen-bond acceptors (Lipinski definition) is 8. The van der Waals surface area contributed by atoms with Crippen molar-refractivity contribution in [1.82, 2.24) is 4.90 Å². The van der Waals surface area contributed by atoms with Gasteiger partial charge in [-0.15, -0.1) is 0 Å². The zero-order valence-electron chi connectivity index (χ0n) is 29.7. The summed E-state index contributed by atoms with van der Waals surface area (Å²) < 4.78 is 22.4. The summed E-state index contributed by atoms with van der Waals surface area (Å²) in [5.41, 5.74) is 0.704. The van der Waals surface area contributed by atoms with Crippen LogP contribution in [0.2, 0.25) is 0 Å². The predicted octanol–water partition coefficient (Wildman–Crippen LogP) is 5.41. The Balaban J connectivity index is 1.65. The fraction of sp³-hybridized carbons (Fsp3) is 0.556. The summed E-state index contributed by atoms with van der Waals surface area (Å²) in [6.45, 7) is 13.9. The number of ether oxygens (including phenoxy) is 4. The average Bonchev–Trinajstić information content (AvgIpc) is 3.03. The van der Waals surface area contributed by atoms with Crippen LogP contribution in [0.25, 0.3) is 0 Å². The van der Waals surface area contributed by atoms with Crippen LogP contribution in [0.5, 0.6) is 11.5 Å². The summed E-state index contributed by atoms with van der Waals surface area (Å²) in [4.78, 5) is 59.6. The van der Waals surface area contributed by atoms with E-state index in [1.807, 2.05) is 26.0 Å². The molecule has 262 valence electrons. The van der Waals surface area contributed by atoms with Crippen molar-refractivity contribution in [3.63, 3.8) is 0 Å². The molecule has 4 rings (SSSR count). The Morgan fingerprint density at radius 3 is 2.44 bits per heavy atom. The Hall–Kier alpha value is -4.32. The molecular formula is C36H50N4O8. The number of piperidine rings is 1. The highest BCUT2D eigenvalue weighted by molar-refractivity contribution is 6.04. The number of benzene rings is 2. The van der Waals surface area contributed by atoms with Crippen LogP contribution >= 0.6 is 0 Å². The molecule has 48 heavy (non-hydrogen) atoms. The largest absolute Gasteiger partial charge is 0.495 e. The number of likely N-dealkylation sites (tertiary alicyclic amines) is 1. The zero-order chi connectivity index (χ0) is 35.4. The lowest BCUT2D eigenvalue weighted by Gasteiger charge is -2.40. The molecule has 12 heteroatoms. The van der Waals surface area contributed by atoms with E-state index >= 15 is 0 Å². The molecule has 0 spiro atoms. The second-order valence-corrected chi connectivity index (χ2v) is 13.8.